The van der Waals surface area contributed by atoms with Crippen molar-refractivity contribution < 1.29 is 0 Å². The fourth-order valence-corrected chi connectivity index (χ4v) is 1.54. The Morgan fingerprint density at radius 1 is 1.36 bits per heavy atom. The second-order valence-corrected chi connectivity index (χ2v) is 4.03. The Kier molecular flexibility index (Phi) is 2.60. The van der Waals surface area contributed by atoms with E-state index in [0.29, 0.717) is 5.92 Å². The molecule has 1 aliphatic rings. The van der Waals surface area contributed by atoms with Crippen molar-refractivity contribution in [2.24, 2.45) is 5.92 Å². The van der Waals surface area contributed by atoms with Crippen molar-refractivity contribution in [3.8, 4) is 6.07 Å². The normalized spacial score (nSPS) is 17.1. The standard InChI is InChI=1S/C11H11ClN2/c12-9-3-5-10(6-4-9)14-11(7-13)8-1-2-8/h3-6,8,11,14H,1-2H2. The molecule has 3 heteroatoms. The molecule has 1 aromatic carbocycles. The second kappa shape index (κ2) is 3.89. The first-order valence-corrected chi connectivity index (χ1v) is 5.09. The van der Waals surface area contributed by atoms with Crippen LogP contribution in [0.15, 0.2) is 24.3 Å². The highest BCUT2D eigenvalue weighted by Gasteiger charge is 2.31. The molecule has 0 heterocycles. The van der Waals surface area contributed by atoms with E-state index in [2.05, 4.69) is 11.4 Å². The van der Waals surface area contributed by atoms with Gasteiger partial charge in [-0.2, -0.15) is 5.26 Å². The van der Waals surface area contributed by atoms with Gasteiger partial charge in [0, 0.05) is 10.7 Å². The Labute approximate surface area is 88.5 Å². The molecule has 1 saturated carbocycles. The average Bonchev–Trinajstić information content (AvgIpc) is 3.01. The number of nitriles is 1. The van der Waals surface area contributed by atoms with Gasteiger partial charge in [0.15, 0.2) is 0 Å². The molecule has 0 spiro atoms. The van der Waals surface area contributed by atoms with Gasteiger partial charge < -0.3 is 5.32 Å². The minimum Gasteiger partial charge on any atom is -0.370 e. The van der Waals surface area contributed by atoms with Crippen LogP contribution in [0.4, 0.5) is 5.69 Å². The number of hydrogen-bond donors (Lipinski definition) is 1. The Hall–Kier alpha value is -1.20. The molecule has 72 valence electrons. The lowest BCUT2D eigenvalue weighted by molar-refractivity contribution is 0.767. The molecule has 2 rings (SSSR count). The first-order valence-electron chi connectivity index (χ1n) is 4.71. The summed E-state index contributed by atoms with van der Waals surface area (Å²) >= 11 is 5.76. The highest BCUT2D eigenvalue weighted by molar-refractivity contribution is 6.30. The van der Waals surface area contributed by atoms with Gasteiger partial charge in [0.05, 0.1) is 6.07 Å². The highest BCUT2D eigenvalue weighted by atomic mass is 35.5. The lowest BCUT2D eigenvalue weighted by Crippen LogP contribution is -2.19. The smallest absolute Gasteiger partial charge is 0.117 e. The fraction of sp³-hybridized carbons (Fsp3) is 0.364. The number of nitrogens with one attached hydrogen (secondary N) is 1. The van der Waals surface area contributed by atoms with Crippen molar-refractivity contribution in [2.75, 3.05) is 5.32 Å². The van der Waals surface area contributed by atoms with Gasteiger partial charge in [0.25, 0.3) is 0 Å². The molecule has 1 fully saturated rings. The van der Waals surface area contributed by atoms with Gasteiger partial charge >= 0.3 is 0 Å². The predicted octanol–water partition coefficient (Wildman–Crippen LogP) is 3.05. The summed E-state index contributed by atoms with van der Waals surface area (Å²) in [6.45, 7) is 0. The predicted molar refractivity (Wildman–Crippen MR) is 57.2 cm³/mol. The molecule has 1 aliphatic carbocycles. The van der Waals surface area contributed by atoms with Crippen LogP contribution in [0.25, 0.3) is 0 Å². The monoisotopic (exact) mass is 206 g/mol. The van der Waals surface area contributed by atoms with Gasteiger partial charge in [-0.3, -0.25) is 0 Å². The lowest BCUT2D eigenvalue weighted by Gasteiger charge is -2.11. The number of benzene rings is 1. The first-order chi connectivity index (χ1) is 6.79. The number of anilines is 1. The van der Waals surface area contributed by atoms with Gasteiger partial charge in [-0.1, -0.05) is 11.6 Å². The van der Waals surface area contributed by atoms with Crippen LogP contribution in [-0.4, -0.2) is 6.04 Å². The molecule has 1 aromatic rings. The topological polar surface area (TPSA) is 35.8 Å². The van der Waals surface area contributed by atoms with E-state index >= 15 is 0 Å². The summed E-state index contributed by atoms with van der Waals surface area (Å²) < 4.78 is 0. The lowest BCUT2D eigenvalue weighted by atomic mass is 10.2. The molecule has 0 radical (unpaired) electrons. The van der Waals surface area contributed by atoms with Crippen molar-refractivity contribution >= 4 is 17.3 Å². The van der Waals surface area contributed by atoms with Gasteiger partial charge in [-0.05, 0) is 43.0 Å². The Morgan fingerprint density at radius 2 is 2.00 bits per heavy atom. The Morgan fingerprint density at radius 3 is 2.50 bits per heavy atom. The summed E-state index contributed by atoms with van der Waals surface area (Å²) in [5.74, 6) is 0.538. The number of nitrogens with zero attached hydrogens (tertiary/aromatic N) is 1. The van der Waals surface area contributed by atoms with Crippen LogP contribution >= 0.6 is 11.6 Å². The third-order valence-corrected chi connectivity index (χ3v) is 2.65. The average molecular weight is 207 g/mol. The first kappa shape index (κ1) is 9.36. The van der Waals surface area contributed by atoms with Gasteiger partial charge in [-0.15, -0.1) is 0 Å². The molecule has 1 N–H and O–H groups in total. The van der Waals surface area contributed by atoms with Crippen LogP contribution in [0.3, 0.4) is 0 Å². The summed E-state index contributed by atoms with van der Waals surface area (Å²) in [5.41, 5.74) is 0.966. The van der Waals surface area contributed by atoms with Crippen molar-refractivity contribution in [3.63, 3.8) is 0 Å². The molecule has 0 aliphatic heterocycles. The zero-order chi connectivity index (χ0) is 9.97. The van der Waals surface area contributed by atoms with E-state index in [4.69, 9.17) is 16.9 Å². The van der Waals surface area contributed by atoms with E-state index < -0.39 is 0 Å². The van der Waals surface area contributed by atoms with Crippen molar-refractivity contribution in [2.45, 2.75) is 18.9 Å². The van der Waals surface area contributed by atoms with Crippen molar-refractivity contribution in [3.05, 3.63) is 29.3 Å². The molecular formula is C11H11ClN2. The zero-order valence-corrected chi connectivity index (χ0v) is 8.46. The Bertz CT molecular complexity index is 349. The van der Waals surface area contributed by atoms with Crippen LogP contribution in [0.2, 0.25) is 5.02 Å². The maximum atomic E-state index is 8.91. The number of rotatable bonds is 3. The van der Waals surface area contributed by atoms with E-state index in [1.54, 1.807) is 0 Å². The molecule has 0 amide bonds. The second-order valence-electron chi connectivity index (χ2n) is 3.60. The number of hydrogen-bond acceptors (Lipinski definition) is 2. The zero-order valence-electron chi connectivity index (χ0n) is 7.70. The van der Waals surface area contributed by atoms with Crippen molar-refractivity contribution in [1.29, 1.82) is 5.26 Å². The number of halogens is 1. The maximum Gasteiger partial charge on any atom is 0.117 e. The van der Waals surface area contributed by atoms with E-state index in [-0.39, 0.29) is 6.04 Å². The maximum absolute atomic E-state index is 8.91. The van der Waals surface area contributed by atoms with E-state index in [0.717, 1.165) is 10.7 Å². The van der Waals surface area contributed by atoms with Gasteiger partial charge in [0.1, 0.15) is 6.04 Å². The van der Waals surface area contributed by atoms with Gasteiger partial charge in [0.2, 0.25) is 0 Å². The van der Waals surface area contributed by atoms with Crippen LogP contribution in [-0.2, 0) is 0 Å². The molecule has 0 saturated heterocycles. The molecule has 2 nitrogen and oxygen atoms in total. The molecule has 0 bridgehead atoms. The third kappa shape index (κ3) is 2.18. The largest absolute Gasteiger partial charge is 0.370 e. The molecular weight excluding hydrogens is 196 g/mol. The molecule has 0 aromatic heterocycles. The Balaban J connectivity index is 2.02. The molecule has 1 unspecified atom stereocenters. The molecule has 1 atom stereocenters. The molecule has 14 heavy (non-hydrogen) atoms. The minimum absolute atomic E-state index is 0.0452. The summed E-state index contributed by atoms with van der Waals surface area (Å²) in [4.78, 5) is 0. The van der Waals surface area contributed by atoms with Gasteiger partial charge in [-0.25, -0.2) is 0 Å². The summed E-state index contributed by atoms with van der Waals surface area (Å²) in [7, 11) is 0. The highest BCUT2D eigenvalue weighted by Crippen LogP contribution is 2.34. The van der Waals surface area contributed by atoms with Crippen LogP contribution in [0, 0.1) is 17.2 Å². The van der Waals surface area contributed by atoms with E-state index in [1.807, 2.05) is 24.3 Å². The fourth-order valence-electron chi connectivity index (χ4n) is 1.41. The van der Waals surface area contributed by atoms with Crippen LogP contribution in [0.1, 0.15) is 12.8 Å². The van der Waals surface area contributed by atoms with E-state index in [9.17, 15) is 0 Å². The third-order valence-electron chi connectivity index (χ3n) is 2.40. The van der Waals surface area contributed by atoms with E-state index in [1.165, 1.54) is 12.8 Å². The van der Waals surface area contributed by atoms with Crippen LogP contribution in [0.5, 0.6) is 0 Å². The SMILES string of the molecule is N#CC(Nc1ccc(Cl)cc1)C1CC1. The summed E-state index contributed by atoms with van der Waals surface area (Å²) in [6, 6.07) is 9.68. The summed E-state index contributed by atoms with van der Waals surface area (Å²) in [5, 5.41) is 12.8. The minimum atomic E-state index is -0.0452. The van der Waals surface area contributed by atoms with Crippen LogP contribution < -0.4 is 5.32 Å². The quantitative estimate of drug-likeness (QED) is 0.825. The summed E-state index contributed by atoms with van der Waals surface area (Å²) in [6.07, 6.45) is 2.33. The van der Waals surface area contributed by atoms with Crippen molar-refractivity contribution in [1.82, 2.24) is 0 Å².